The van der Waals surface area contributed by atoms with Crippen LogP contribution in [-0.2, 0) is 9.53 Å². The Morgan fingerprint density at radius 3 is 2.17 bits per heavy atom. The molecule has 6 nitrogen and oxygen atoms in total. The number of amides is 2. The number of hydrogen-bond donors (Lipinski definition) is 2. The van der Waals surface area contributed by atoms with Gasteiger partial charge in [0.2, 0.25) is 0 Å². The molecule has 152 valence electrons. The Kier molecular flexibility index (Phi) is 7.08. The highest BCUT2D eigenvalue weighted by Crippen LogP contribution is 2.17. The second kappa shape index (κ2) is 10.1. The van der Waals surface area contributed by atoms with Gasteiger partial charge in [-0.15, -0.1) is 0 Å². The van der Waals surface area contributed by atoms with Gasteiger partial charge in [0.05, 0.1) is 5.71 Å². The zero-order valence-corrected chi connectivity index (χ0v) is 16.8. The number of carbonyl (C=O) groups is 2. The van der Waals surface area contributed by atoms with Gasteiger partial charge in [0.15, 0.2) is 6.10 Å². The van der Waals surface area contributed by atoms with Gasteiger partial charge in [-0.25, -0.2) is 5.43 Å². The first-order valence-corrected chi connectivity index (χ1v) is 9.47. The summed E-state index contributed by atoms with van der Waals surface area (Å²) in [4.78, 5) is 24.8. The Hall–Kier alpha value is -3.77. The average Bonchev–Trinajstić information content (AvgIpc) is 2.79. The van der Waals surface area contributed by atoms with E-state index in [2.05, 4.69) is 15.8 Å². The van der Waals surface area contributed by atoms with Crippen molar-refractivity contribution in [2.24, 2.45) is 5.10 Å². The monoisotopic (exact) mass is 401 g/mol. The summed E-state index contributed by atoms with van der Waals surface area (Å²) in [5.74, 6) is -0.557. The van der Waals surface area contributed by atoms with Gasteiger partial charge in [0.1, 0.15) is 0 Å². The Balaban J connectivity index is 1.68. The summed E-state index contributed by atoms with van der Waals surface area (Å²) < 4.78 is 5.31. The van der Waals surface area contributed by atoms with Crippen LogP contribution < -0.4 is 10.7 Å². The first kappa shape index (κ1) is 21.0. The van der Waals surface area contributed by atoms with Gasteiger partial charge in [-0.2, -0.15) is 5.10 Å². The Morgan fingerprint density at radius 1 is 0.867 bits per heavy atom. The smallest absolute Gasteiger partial charge is 0.273 e. The molecule has 0 aliphatic heterocycles. The predicted molar refractivity (Wildman–Crippen MR) is 117 cm³/mol. The molecule has 0 aliphatic carbocycles. The molecule has 0 fully saturated rings. The molecule has 3 rings (SSSR count). The molecule has 2 N–H and O–H groups in total. The van der Waals surface area contributed by atoms with E-state index in [-0.39, 0.29) is 11.8 Å². The van der Waals surface area contributed by atoms with Crippen LogP contribution in [0.1, 0.15) is 34.5 Å². The van der Waals surface area contributed by atoms with Gasteiger partial charge in [-0.05, 0) is 42.3 Å². The molecule has 0 bridgehead atoms. The number of nitrogens with one attached hydrogen (secondary N) is 2. The minimum atomic E-state index is -0.751. The number of carbonyl (C=O) groups excluding carboxylic acids is 2. The zero-order valence-electron chi connectivity index (χ0n) is 16.8. The molecule has 0 aromatic heterocycles. The molecular weight excluding hydrogens is 378 g/mol. The van der Waals surface area contributed by atoms with Gasteiger partial charge in [-0.1, -0.05) is 60.7 Å². The number of rotatable bonds is 7. The van der Waals surface area contributed by atoms with Crippen molar-refractivity contribution in [3.8, 4) is 0 Å². The third kappa shape index (κ3) is 5.40. The lowest BCUT2D eigenvalue weighted by Gasteiger charge is -2.14. The molecule has 3 aromatic rings. The second-order valence-corrected chi connectivity index (χ2v) is 6.60. The van der Waals surface area contributed by atoms with E-state index < -0.39 is 6.10 Å². The van der Waals surface area contributed by atoms with Gasteiger partial charge in [0, 0.05) is 18.4 Å². The molecule has 6 heteroatoms. The minimum Gasteiger partial charge on any atom is -0.367 e. The van der Waals surface area contributed by atoms with Crippen LogP contribution in [0.15, 0.2) is 90.0 Å². The highest BCUT2D eigenvalue weighted by molar-refractivity contribution is 6.05. The predicted octanol–water partition coefficient (Wildman–Crippen LogP) is 4.17. The normalized spacial score (nSPS) is 12.1. The van der Waals surface area contributed by atoms with Crippen LogP contribution in [0.2, 0.25) is 0 Å². The van der Waals surface area contributed by atoms with Gasteiger partial charge in [-0.3, -0.25) is 9.59 Å². The van der Waals surface area contributed by atoms with Crippen LogP contribution in [-0.4, -0.2) is 24.6 Å². The van der Waals surface area contributed by atoms with Crippen LogP contribution in [0.3, 0.4) is 0 Å². The lowest BCUT2D eigenvalue weighted by molar-refractivity contribution is -0.131. The number of nitrogens with zero attached hydrogens (tertiary/aromatic N) is 1. The molecule has 2 amide bonds. The molecular formula is C24H23N3O3. The fourth-order valence-corrected chi connectivity index (χ4v) is 2.90. The minimum absolute atomic E-state index is 0.193. The first-order valence-electron chi connectivity index (χ1n) is 9.47. The van der Waals surface area contributed by atoms with Crippen molar-refractivity contribution in [3.05, 3.63) is 102 Å². The topological polar surface area (TPSA) is 79.8 Å². The number of anilines is 1. The maximum atomic E-state index is 12.5. The number of hydrazone groups is 1. The highest BCUT2D eigenvalue weighted by Gasteiger charge is 2.19. The third-order valence-electron chi connectivity index (χ3n) is 4.48. The molecule has 0 aliphatic rings. The molecule has 0 saturated carbocycles. The molecule has 0 heterocycles. The molecule has 0 spiro atoms. The fourth-order valence-electron chi connectivity index (χ4n) is 2.90. The molecule has 1 atom stereocenters. The van der Waals surface area contributed by atoms with Crippen molar-refractivity contribution < 1.29 is 14.3 Å². The summed E-state index contributed by atoms with van der Waals surface area (Å²) in [6.07, 6.45) is -0.751. The van der Waals surface area contributed by atoms with Crippen molar-refractivity contribution in [1.29, 1.82) is 0 Å². The first-order chi connectivity index (χ1) is 14.6. The van der Waals surface area contributed by atoms with Crippen molar-refractivity contribution in [2.45, 2.75) is 13.0 Å². The Labute approximate surface area is 175 Å². The summed E-state index contributed by atoms with van der Waals surface area (Å²) in [6, 6.07) is 25.5. The summed E-state index contributed by atoms with van der Waals surface area (Å²) in [5, 5.41) is 7.06. The van der Waals surface area contributed by atoms with Crippen molar-refractivity contribution >= 4 is 23.2 Å². The number of hydrogen-bond acceptors (Lipinski definition) is 4. The summed E-state index contributed by atoms with van der Waals surface area (Å²) >= 11 is 0. The summed E-state index contributed by atoms with van der Waals surface area (Å²) in [6.45, 7) is 1.78. The van der Waals surface area contributed by atoms with E-state index >= 15 is 0 Å². The molecule has 3 aromatic carbocycles. The maximum Gasteiger partial charge on any atom is 0.273 e. The van der Waals surface area contributed by atoms with Gasteiger partial charge >= 0.3 is 0 Å². The van der Waals surface area contributed by atoms with Crippen LogP contribution in [0.4, 0.5) is 5.69 Å². The lowest BCUT2D eigenvalue weighted by Crippen LogP contribution is -2.27. The quantitative estimate of drug-likeness (QED) is 0.461. The van der Waals surface area contributed by atoms with E-state index in [0.717, 1.165) is 11.1 Å². The van der Waals surface area contributed by atoms with Crippen molar-refractivity contribution in [3.63, 3.8) is 0 Å². The largest absolute Gasteiger partial charge is 0.367 e. The average molecular weight is 401 g/mol. The zero-order chi connectivity index (χ0) is 21.3. The summed E-state index contributed by atoms with van der Waals surface area (Å²) in [5.41, 5.74) is 5.89. The van der Waals surface area contributed by atoms with Crippen LogP contribution in [0, 0.1) is 0 Å². The van der Waals surface area contributed by atoms with Crippen LogP contribution in [0.5, 0.6) is 0 Å². The Morgan fingerprint density at radius 2 is 1.50 bits per heavy atom. The molecule has 30 heavy (non-hydrogen) atoms. The van der Waals surface area contributed by atoms with E-state index in [1.165, 1.54) is 7.11 Å². The van der Waals surface area contributed by atoms with Crippen molar-refractivity contribution in [2.75, 3.05) is 12.4 Å². The lowest BCUT2D eigenvalue weighted by atomic mass is 10.1. The number of ether oxygens (including phenoxy) is 1. The molecule has 0 unspecified atom stereocenters. The van der Waals surface area contributed by atoms with Crippen LogP contribution >= 0.6 is 0 Å². The van der Waals surface area contributed by atoms with E-state index in [0.29, 0.717) is 17.0 Å². The number of benzene rings is 3. The fraction of sp³-hybridized carbons (Fsp3) is 0.125. The molecule has 0 radical (unpaired) electrons. The van der Waals surface area contributed by atoms with Gasteiger partial charge in [0.25, 0.3) is 11.8 Å². The van der Waals surface area contributed by atoms with E-state index in [4.69, 9.17) is 4.74 Å². The van der Waals surface area contributed by atoms with E-state index in [9.17, 15) is 9.59 Å². The van der Waals surface area contributed by atoms with E-state index in [1.807, 2.05) is 60.7 Å². The molecule has 0 saturated heterocycles. The number of methoxy groups -OCH3 is 1. The second-order valence-electron chi connectivity index (χ2n) is 6.60. The SMILES string of the molecule is CO[C@H](C(=O)N/N=C(/C)c1cccc(NC(=O)c2ccccc2)c1)c1ccccc1. The van der Waals surface area contributed by atoms with Crippen LogP contribution in [0.25, 0.3) is 0 Å². The maximum absolute atomic E-state index is 12.5. The Bertz CT molecular complexity index is 1030. The third-order valence-corrected chi connectivity index (χ3v) is 4.48. The van der Waals surface area contributed by atoms with Gasteiger partial charge < -0.3 is 10.1 Å². The highest BCUT2D eigenvalue weighted by atomic mass is 16.5. The van der Waals surface area contributed by atoms with Crippen molar-refractivity contribution in [1.82, 2.24) is 5.43 Å². The standard InChI is InChI=1S/C24H23N3O3/c1-17(26-27-24(29)22(30-2)18-10-5-3-6-11-18)20-14-9-15-21(16-20)25-23(28)19-12-7-4-8-13-19/h3-16,22H,1-2H3,(H,25,28)(H,27,29)/b26-17-/t22-/m0/s1. The van der Waals surface area contributed by atoms with E-state index in [1.54, 1.807) is 31.2 Å². The summed E-state index contributed by atoms with van der Waals surface area (Å²) in [7, 11) is 1.48.